The highest BCUT2D eigenvalue weighted by atomic mass is 16.5. The van der Waals surface area contributed by atoms with Crippen LogP contribution in [0.4, 0.5) is 5.69 Å². The lowest BCUT2D eigenvalue weighted by Crippen LogP contribution is -2.51. The molecular weight excluding hydrogens is 368 g/mol. The Morgan fingerprint density at radius 1 is 1.03 bits per heavy atom. The third-order valence-corrected chi connectivity index (χ3v) is 6.65. The number of nitrogens with zero attached hydrogens (tertiary/aromatic N) is 4. The smallest absolute Gasteiger partial charge is 0.261 e. The van der Waals surface area contributed by atoms with Crippen LogP contribution in [0, 0.1) is 0 Å². The van der Waals surface area contributed by atoms with Gasteiger partial charge in [-0.25, -0.2) is 4.98 Å². The number of benzene rings is 1. The number of ether oxygens (including phenoxy) is 1. The Balaban J connectivity index is 1.30. The van der Waals surface area contributed by atoms with Gasteiger partial charge in [-0.05, 0) is 43.9 Å². The fraction of sp³-hybridized carbons (Fsp3) is 0.591. The molecule has 0 bridgehead atoms. The predicted octanol–water partition coefficient (Wildman–Crippen LogP) is 2.34. The molecule has 1 aliphatic carbocycles. The molecule has 5 rings (SSSR count). The molecule has 0 spiro atoms. The lowest BCUT2D eigenvalue weighted by atomic mass is 10.1. The van der Waals surface area contributed by atoms with Crippen LogP contribution in [0.1, 0.15) is 44.6 Å². The van der Waals surface area contributed by atoms with E-state index in [1.807, 2.05) is 27.7 Å². The molecule has 1 atom stereocenters. The van der Waals surface area contributed by atoms with Gasteiger partial charge in [0.2, 0.25) is 0 Å². The zero-order chi connectivity index (χ0) is 19.8. The van der Waals surface area contributed by atoms with Gasteiger partial charge < -0.3 is 14.5 Å². The Kier molecular flexibility index (Phi) is 4.99. The summed E-state index contributed by atoms with van der Waals surface area (Å²) in [6.45, 7) is 3.66. The highest BCUT2D eigenvalue weighted by molar-refractivity contribution is 5.82. The van der Waals surface area contributed by atoms with E-state index >= 15 is 0 Å². The Hall–Kier alpha value is -2.41. The molecule has 3 aliphatic rings. The molecule has 3 fully saturated rings. The van der Waals surface area contributed by atoms with Gasteiger partial charge in [0, 0.05) is 44.5 Å². The number of rotatable bonds is 3. The number of hydrogen-bond donors (Lipinski definition) is 0. The van der Waals surface area contributed by atoms with Crippen molar-refractivity contribution >= 4 is 22.5 Å². The number of carbonyl (C=O) groups excluding carboxylic acids is 1. The van der Waals surface area contributed by atoms with Crippen LogP contribution >= 0.6 is 0 Å². The number of fused-ring (bicyclic) bond motifs is 1. The highest BCUT2D eigenvalue weighted by Gasteiger charge is 2.30. The van der Waals surface area contributed by atoms with Crippen molar-refractivity contribution in [3.63, 3.8) is 0 Å². The van der Waals surface area contributed by atoms with Crippen molar-refractivity contribution in [2.75, 3.05) is 37.7 Å². The van der Waals surface area contributed by atoms with Crippen molar-refractivity contribution in [1.29, 1.82) is 0 Å². The number of aromatic nitrogens is 2. The first kappa shape index (κ1) is 18.6. The zero-order valence-corrected chi connectivity index (χ0v) is 16.8. The molecular formula is C22H28N4O3. The number of anilines is 1. The van der Waals surface area contributed by atoms with Gasteiger partial charge in [-0.1, -0.05) is 12.8 Å². The first-order valence-corrected chi connectivity index (χ1v) is 10.9. The second-order valence-electron chi connectivity index (χ2n) is 8.41. The number of hydrogen-bond acceptors (Lipinski definition) is 5. The highest BCUT2D eigenvalue weighted by Crippen LogP contribution is 2.29. The Labute approximate surface area is 170 Å². The van der Waals surface area contributed by atoms with Crippen molar-refractivity contribution in [3.8, 4) is 0 Å². The van der Waals surface area contributed by atoms with E-state index in [1.165, 1.54) is 12.8 Å². The number of amides is 1. The fourth-order valence-corrected chi connectivity index (χ4v) is 4.92. The largest absolute Gasteiger partial charge is 0.368 e. The van der Waals surface area contributed by atoms with Crippen LogP contribution in [0.5, 0.6) is 0 Å². The van der Waals surface area contributed by atoms with Crippen LogP contribution in [0.15, 0.2) is 29.3 Å². The molecule has 154 valence electrons. The third kappa shape index (κ3) is 3.52. The Bertz CT molecular complexity index is 952. The SMILES string of the molecule is O=C(C1CCCO1)N1CCN(c2ccc3c(=O)n(C4CCCC4)cnc3c2)CC1. The van der Waals surface area contributed by atoms with Crippen LogP contribution in [0.2, 0.25) is 0 Å². The first-order valence-electron chi connectivity index (χ1n) is 10.9. The van der Waals surface area contributed by atoms with Gasteiger partial charge in [-0.3, -0.25) is 14.2 Å². The molecule has 2 saturated heterocycles. The zero-order valence-electron chi connectivity index (χ0n) is 16.8. The maximum absolute atomic E-state index is 12.9. The molecule has 0 N–H and O–H groups in total. The van der Waals surface area contributed by atoms with E-state index in [1.54, 1.807) is 6.33 Å². The summed E-state index contributed by atoms with van der Waals surface area (Å²) in [5.74, 6) is 0.134. The monoisotopic (exact) mass is 396 g/mol. The van der Waals surface area contributed by atoms with Crippen LogP contribution in [0.3, 0.4) is 0 Å². The second-order valence-corrected chi connectivity index (χ2v) is 8.41. The molecule has 1 amide bonds. The summed E-state index contributed by atoms with van der Waals surface area (Å²) in [6, 6.07) is 6.23. The molecule has 1 aromatic carbocycles. The van der Waals surface area contributed by atoms with E-state index in [0.29, 0.717) is 31.1 Å². The topological polar surface area (TPSA) is 67.7 Å². The molecule has 1 aromatic heterocycles. The van der Waals surface area contributed by atoms with Gasteiger partial charge in [-0.2, -0.15) is 0 Å². The molecule has 7 heteroatoms. The Morgan fingerprint density at radius 3 is 2.55 bits per heavy atom. The van der Waals surface area contributed by atoms with Gasteiger partial charge >= 0.3 is 0 Å². The number of carbonyl (C=O) groups is 1. The molecule has 3 heterocycles. The molecule has 7 nitrogen and oxygen atoms in total. The normalized spacial score (nSPS) is 23.2. The van der Waals surface area contributed by atoms with Gasteiger partial charge in [0.15, 0.2) is 0 Å². The minimum Gasteiger partial charge on any atom is -0.368 e. The molecule has 0 radical (unpaired) electrons. The lowest BCUT2D eigenvalue weighted by molar-refractivity contribution is -0.141. The quantitative estimate of drug-likeness (QED) is 0.797. The minimum atomic E-state index is -0.242. The van der Waals surface area contributed by atoms with E-state index in [-0.39, 0.29) is 17.6 Å². The van der Waals surface area contributed by atoms with Crippen molar-refractivity contribution in [3.05, 3.63) is 34.9 Å². The van der Waals surface area contributed by atoms with Crippen molar-refractivity contribution in [2.45, 2.75) is 50.7 Å². The van der Waals surface area contributed by atoms with E-state index in [9.17, 15) is 9.59 Å². The summed E-state index contributed by atoms with van der Waals surface area (Å²) >= 11 is 0. The standard InChI is InChI=1S/C22H28N4O3/c27-21-18-8-7-17(14-19(18)23-15-26(21)16-4-1-2-5-16)24-9-11-25(12-10-24)22(28)20-6-3-13-29-20/h7-8,14-16,20H,1-6,9-13H2. The lowest BCUT2D eigenvalue weighted by Gasteiger charge is -2.37. The van der Waals surface area contributed by atoms with Crippen LogP contribution in [-0.2, 0) is 9.53 Å². The van der Waals surface area contributed by atoms with Gasteiger partial charge in [-0.15, -0.1) is 0 Å². The van der Waals surface area contributed by atoms with Gasteiger partial charge in [0.1, 0.15) is 6.10 Å². The predicted molar refractivity (Wildman–Crippen MR) is 111 cm³/mol. The summed E-state index contributed by atoms with van der Waals surface area (Å²) in [5, 5.41) is 0.690. The van der Waals surface area contributed by atoms with Crippen LogP contribution < -0.4 is 10.5 Å². The summed E-state index contributed by atoms with van der Waals surface area (Å²) in [7, 11) is 0. The van der Waals surface area contributed by atoms with Gasteiger partial charge in [0.05, 0.1) is 17.2 Å². The van der Waals surface area contributed by atoms with E-state index in [4.69, 9.17) is 4.74 Å². The van der Waals surface area contributed by atoms with E-state index < -0.39 is 0 Å². The molecule has 29 heavy (non-hydrogen) atoms. The average Bonchev–Trinajstić information content (AvgIpc) is 3.48. The first-order chi connectivity index (χ1) is 14.2. The molecule has 1 unspecified atom stereocenters. The maximum Gasteiger partial charge on any atom is 0.261 e. The van der Waals surface area contributed by atoms with Crippen LogP contribution in [-0.4, -0.2) is 59.2 Å². The van der Waals surface area contributed by atoms with Crippen molar-refractivity contribution in [2.24, 2.45) is 0 Å². The third-order valence-electron chi connectivity index (χ3n) is 6.65. The van der Waals surface area contributed by atoms with E-state index in [0.717, 1.165) is 50.0 Å². The summed E-state index contributed by atoms with van der Waals surface area (Å²) in [5.41, 5.74) is 1.88. The molecule has 2 aromatic rings. The second kappa shape index (κ2) is 7.78. The summed E-state index contributed by atoms with van der Waals surface area (Å²) < 4.78 is 7.36. The molecule has 2 aliphatic heterocycles. The minimum absolute atomic E-state index is 0.0698. The summed E-state index contributed by atoms with van der Waals surface area (Å²) in [6.07, 6.45) is 7.82. The summed E-state index contributed by atoms with van der Waals surface area (Å²) in [4.78, 5) is 34.2. The Morgan fingerprint density at radius 2 is 1.83 bits per heavy atom. The van der Waals surface area contributed by atoms with Crippen molar-refractivity contribution < 1.29 is 9.53 Å². The van der Waals surface area contributed by atoms with E-state index in [2.05, 4.69) is 9.88 Å². The maximum atomic E-state index is 12.9. The van der Waals surface area contributed by atoms with Crippen LogP contribution in [0.25, 0.3) is 10.9 Å². The number of piperazine rings is 1. The van der Waals surface area contributed by atoms with Crippen molar-refractivity contribution in [1.82, 2.24) is 14.5 Å². The average molecular weight is 396 g/mol. The fourth-order valence-electron chi connectivity index (χ4n) is 4.92. The molecule has 1 saturated carbocycles. The van der Waals surface area contributed by atoms with Gasteiger partial charge in [0.25, 0.3) is 11.5 Å².